The van der Waals surface area contributed by atoms with Gasteiger partial charge in [-0.3, -0.25) is 4.79 Å². The Kier molecular flexibility index (Phi) is 4.50. The number of pyridine rings is 1. The number of aromatic nitrogens is 1. The van der Waals surface area contributed by atoms with Crippen LogP contribution in [0.4, 0.5) is 5.69 Å². The third kappa shape index (κ3) is 3.49. The van der Waals surface area contributed by atoms with Gasteiger partial charge in [0.15, 0.2) is 0 Å². The van der Waals surface area contributed by atoms with Crippen LogP contribution in [-0.2, 0) is 0 Å². The van der Waals surface area contributed by atoms with Crippen molar-refractivity contribution in [1.29, 1.82) is 0 Å². The molecule has 0 bridgehead atoms. The van der Waals surface area contributed by atoms with Gasteiger partial charge < -0.3 is 5.32 Å². The number of thiophene rings is 1. The van der Waals surface area contributed by atoms with Gasteiger partial charge in [-0.25, -0.2) is 4.98 Å². The van der Waals surface area contributed by atoms with Crippen molar-refractivity contribution in [2.75, 3.05) is 5.32 Å². The average Bonchev–Trinajstić information content (AvgIpc) is 3.17. The van der Waals surface area contributed by atoms with Crippen LogP contribution in [0.2, 0.25) is 0 Å². The van der Waals surface area contributed by atoms with Crippen molar-refractivity contribution in [1.82, 2.24) is 4.98 Å². The summed E-state index contributed by atoms with van der Waals surface area (Å²) < 4.78 is 0. The molecule has 134 valence electrons. The van der Waals surface area contributed by atoms with Gasteiger partial charge in [0.05, 0.1) is 21.7 Å². The van der Waals surface area contributed by atoms with Crippen molar-refractivity contribution in [2.24, 2.45) is 0 Å². The monoisotopic (exact) mass is 372 g/mol. The highest BCUT2D eigenvalue weighted by Gasteiger charge is 2.16. The van der Waals surface area contributed by atoms with E-state index in [1.807, 2.05) is 74.7 Å². The maximum absolute atomic E-state index is 13.1. The third-order valence-corrected chi connectivity index (χ3v) is 5.47. The Balaban J connectivity index is 1.86. The standard InChI is InChI=1S/C23H20N2OS/c1-14-6-8-17(9-7-14)24-23(26)19-13-20(21-5-4-10-27-21)25-22-16(3)11-15(2)12-18(19)22/h4-13H,1-3H3,(H,24,26). The van der Waals surface area contributed by atoms with Gasteiger partial charge in [0.1, 0.15) is 0 Å². The van der Waals surface area contributed by atoms with Gasteiger partial charge in [0.25, 0.3) is 5.91 Å². The molecule has 2 aromatic carbocycles. The van der Waals surface area contributed by atoms with Crippen LogP contribution >= 0.6 is 11.3 Å². The lowest BCUT2D eigenvalue weighted by molar-refractivity contribution is 0.102. The molecule has 0 aliphatic heterocycles. The number of rotatable bonds is 3. The second kappa shape index (κ2) is 6.97. The number of hydrogen-bond acceptors (Lipinski definition) is 3. The summed E-state index contributed by atoms with van der Waals surface area (Å²) in [7, 11) is 0. The maximum Gasteiger partial charge on any atom is 0.256 e. The summed E-state index contributed by atoms with van der Waals surface area (Å²) in [4.78, 5) is 19.0. The number of nitrogens with one attached hydrogen (secondary N) is 1. The molecular weight excluding hydrogens is 352 g/mol. The van der Waals surface area contributed by atoms with Crippen molar-refractivity contribution in [2.45, 2.75) is 20.8 Å². The predicted molar refractivity (Wildman–Crippen MR) is 114 cm³/mol. The minimum Gasteiger partial charge on any atom is -0.322 e. The van der Waals surface area contributed by atoms with Crippen molar-refractivity contribution >= 4 is 33.8 Å². The van der Waals surface area contributed by atoms with Crippen molar-refractivity contribution in [3.63, 3.8) is 0 Å². The van der Waals surface area contributed by atoms with Gasteiger partial charge in [-0.1, -0.05) is 35.4 Å². The number of carbonyl (C=O) groups excluding carboxylic acids is 1. The molecule has 0 radical (unpaired) electrons. The number of fused-ring (bicyclic) bond motifs is 1. The van der Waals surface area contributed by atoms with Crippen LogP contribution in [0, 0.1) is 20.8 Å². The molecule has 4 aromatic rings. The average molecular weight is 372 g/mol. The van der Waals surface area contributed by atoms with Crippen molar-refractivity contribution < 1.29 is 4.79 Å². The second-order valence-electron chi connectivity index (χ2n) is 6.83. The molecule has 1 amide bonds. The zero-order valence-electron chi connectivity index (χ0n) is 15.5. The second-order valence-corrected chi connectivity index (χ2v) is 7.78. The van der Waals surface area contributed by atoms with E-state index in [4.69, 9.17) is 4.98 Å². The molecule has 0 fully saturated rings. The smallest absolute Gasteiger partial charge is 0.256 e. The van der Waals surface area contributed by atoms with Crippen molar-refractivity contribution in [3.05, 3.63) is 82.2 Å². The summed E-state index contributed by atoms with van der Waals surface area (Å²) in [6.45, 7) is 6.12. The number of hydrogen-bond donors (Lipinski definition) is 1. The molecule has 2 heterocycles. The molecule has 0 saturated heterocycles. The van der Waals surface area contributed by atoms with E-state index in [1.165, 1.54) is 0 Å². The predicted octanol–water partition coefficient (Wildman–Crippen LogP) is 6.14. The van der Waals surface area contributed by atoms with Gasteiger partial charge in [0, 0.05) is 11.1 Å². The Morgan fingerprint density at radius 2 is 1.74 bits per heavy atom. The zero-order chi connectivity index (χ0) is 19.0. The molecule has 0 spiro atoms. The maximum atomic E-state index is 13.1. The number of carbonyl (C=O) groups is 1. The van der Waals surface area contributed by atoms with E-state index in [0.29, 0.717) is 5.56 Å². The van der Waals surface area contributed by atoms with Gasteiger partial charge in [-0.2, -0.15) is 0 Å². The molecule has 0 saturated carbocycles. The Hall–Kier alpha value is -2.98. The van der Waals surface area contributed by atoms with Gasteiger partial charge in [-0.15, -0.1) is 11.3 Å². The quantitative estimate of drug-likeness (QED) is 0.469. The van der Waals surface area contributed by atoms with Crippen LogP contribution in [0.5, 0.6) is 0 Å². The Bertz CT molecular complexity index is 1130. The van der Waals surface area contributed by atoms with Crippen LogP contribution in [0.25, 0.3) is 21.5 Å². The summed E-state index contributed by atoms with van der Waals surface area (Å²) in [6, 6.07) is 17.9. The number of amides is 1. The molecule has 0 unspecified atom stereocenters. The molecule has 4 rings (SSSR count). The van der Waals surface area contributed by atoms with Gasteiger partial charge in [-0.05, 0) is 62.0 Å². The Morgan fingerprint density at radius 1 is 0.963 bits per heavy atom. The first-order chi connectivity index (χ1) is 13.0. The van der Waals surface area contributed by atoms with E-state index in [-0.39, 0.29) is 5.91 Å². The molecule has 0 atom stereocenters. The fourth-order valence-electron chi connectivity index (χ4n) is 3.25. The largest absolute Gasteiger partial charge is 0.322 e. The zero-order valence-corrected chi connectivity index (χ0v) is 16.4. The molecular formula is C23H20N2OS. The lowest BCUT2D eigenvalue weighted by Gasteiger charge is -2.12. The highest BCUT2D eigenvalue weighted by atomic mass is 32.1. The van der Waals surface area contributed by atoms with E-state index >= 15 is 0 Å². The van der Waals surface area contributed by atoms with E-state index in [9.17, 15) is 4.79 Å². The lowest BCUT2D eigenvalue weighted by atomic mass is 10.0. The Morgan fingerprint density at radius 3 is 2.44 bits per heavy atom. The van der Waals surface area contributed by atoms with E-state index in [2.05, 4.69) is 11.4 Å². The summed E-state index contributed by atoms with van der Waals surface area (Å²) in [6.07, 6.45) is 0. The number of aryl methyl sites for hydroxylation is 3. The topological polar surface area (TPSA) is 42.0 Å². The van der Waals surface area contributed by atoms with Crippen LogP contribution in [0.15, 0.2) is 60.0 Å². The van der Waals surface area contributed by atoms with E-state index in [0.717, 1.165) is 43.9 Å². The summed E-state index contributed by atoms with van der Waals surface area (Å²) in [5, 5.41) is 5.94. The molecule has 0 aliphatic rings. The fraction of sp³-hybridized carbons (Fsp3) is 0.130. The van der Waals surface area contributed by atoms with Crippen LogP contribution in [0.1, 0.15) is 27.0 Å². The molecule has 4 heteroatoms. The third-order valence-electron chi connectivity index (χ3n) is 4.58. The molecule has 2 aromatic heterocycles. The highest BCUT2D eigenvalue weighted by molar-refractivity contribution is 7.13. The Labute approximate surface area is 162 Å². The van der Waals surface area contributed by atoms with E-state index in [1.54, 1.807) is 11.3 Å². The first-order valence-electron chi connectivity index (χ1n) is 8.85. The SMILES string of the molecule is Cc1ccc(NC(=O)c2cc(-c3cccs3)nc3c(C)cc(C)cc23)cc1. The number of nitrogens with zero attached hydrogens (tertiary/aromatic N) is 1. The van der Waals surface area contributed by atoms with Crippen LogP contribution in [0.3, 0.4) is 0 Å². The minimum atomic E-state index is -0.117. The van der Waals surface area contributed by atoms with Crippen molar-refractivity contribution in [3.8, 4) is 10.6 Å². The van der Waals surface area contributed by atoms with E-state index < -0.39 is 0 Å². The number of benzene rings is 2. The number of anilines is 1. The molecule has 27 heavy (non-hydrogen) atoms. The molecule has 3 nitrogen and oxygen atoms in total. The summed E-state index contributed by atoms with van der Waals surface area (Å²) in [5.41, 5.74) is 6.50. The van der Waals surface area contributed by atoms with Gasteiger partial charge in [0.2, 0.25) is 0 Å². The minimum absolute atomic E-state index is 0.117. The highest BCUT2D eigenvalue weighted by Crippen LogP contribution is 2.30. The normalized spacial score (nSPS) is 10.9. The fourth-order valence-corrected chi connectivity index (χ4v) is 3.94. The van der Waals surface area contributed by atoms with Crippen LogP contribution < -0.4 is 5.32 Å². The summed E-state index contributed by atoms with van der Waals surface area (Å²) >= 11 is 1.63. The molecule has 0 aliphatic carbocycles. The lowest BCUT2D eigenvalue weighted by Crippen LogP contribution is -2.13. The summed E-state index contributed by atoms with van der Waals surface area (Å²) in [5.74, 6) is -0.117. The molecule has 1 N–H and O–H groups in total. The van der Waals surface area contributed by atoms with Crippen LogP contribution in [-0.4, -0.2) is 10.9 Å². The first kappa shape index (κ1) is 17.4. The first-order valence-corrected chi connectivity index (χ1v) is 9.73. The van der Waals surface area contributed by atoms with Gasteiger partial charge >= 0.3 is 0 Å².